The van der Waals surface area contributed by atoms with E-state index in [0.29, 0.717) is 12.3 Å². The molecule has 0 aliphatic heterocycles. The van der Waals surface area contributed by atoms with Crippen LogP contribution < -0.4 is 5.32 Å². The molecule has 0 radical (unpaired) electrons. The van der Waals surface area contributed by atoms with Crippen LogP contribution in [-0.2, 0) is 17.9 Å². The van der Waals surface area contributed by atoms with E-state index in [4.69, 9.17) is 4.42 Å². The topological polar surface area (TPSA) is 71.7 Å². The van der Waals surface area contributed by atoms with Crippen LogP contribution in [0.2, 0.25) is 0 Å². The van der Waals surface area contributed by atoms with Gasteiger partial charge in [0.2, 0.25) is 5.76 Å². The number of anilines is 1. The lowest BCUT2D eigenvalue weighted by molar-refractivity contribution is 0.0563. The highest BCUT2D eigenvalue weighted by Gasteiger charge is 2.11. The number of ether oxygens (including phenoxy) is 1. The molecule has 1 heterocycles. The van der Waals surface area contributed by atoms with Gasteiger partial charge in [-0.05, 0) is 18.2 Å². The van der Waals surface area contributed by atoms with E-state index in [0.717, 1.165) is 11.3 Å². The van der Waals surface area contributed by atoms with Crippen molar-refractivity contribution in [1.82, 2.24) is 0 Å². The highest BCUT2D eigenvalue weighted by atomic mass is 16.5. The molecule has 0 saturated heterocycles. The molecule has 5 nitrogen and oxygen atoms in total. The van der Waals surface area contributed by atoms with Crippen molar-refractivity contribution in [3.05, 3.63) is 53.5 Å². The fourth-order valence-corrected chi connectivity index (χ4v) is 1.70. The predicted octanol–water partition coefficient (Wildman–Crippen LogP) is 2.17. The first-order valence-electron chi connectivity index (χ1n) is 5.84. The van der Waals surface area contributed by atoms with E-state index in [1.807, 2.05) is 24.3 Å². The number of rotatable bonds is 5. The van der Waals surface area contributed by atoms with Gasteiger partial charge in [0.1, 0.15) is 5.76 Å². The van der Waals surface area contributed by atoms with Gasteiger partial charge in [-0.15, -0.1) is 0 Å². The third-order valence-electron chi connectivity index (χ3n) is 2.69. The maximum absolute atomic E-state index is 11.2. The lowest BCUT2D eigenvalue weighted by Gasteiger charge is -2.08. The second-order valence-corrected chi connectivity index (χ2v) is 3.93. The number of aliphatic hydroxyl groups is 1. The Labute approximate surface area is 110 Å². The molecule has 0 fully saturated rings. The number of carbonyl (C=O) groups is 1. The molecule has 2 aromatic rings. The summed E-state index contributed by atoms with van der Waals surface area (Å²) in [5.74, 6) is 0.296. The lowest BCUT2D eigenvalue weighted by atomic mass is 10.2. The summed E-state index contributed by atoms with van der Waals surface area (Å²) in [6, 6.07) is 10.7. The van der Waals surface area contributed by atoms with Gasteiger partial charge >= 0.3 is 5.97 Å². The minimum absolute atomic E-state index is 0.0330. The number of hydrogen-bond acceptors (Lipinski definition) is 5. The van der Waals surface area contributed by atoms with Gasteiger partial charge in [0.15, 0.2) is 0 Å². The fourth-order valence-electron chi connectivity index (χ4n) is 1.70. The summed E-state index contributed by atoms with van der Waals surface area (Å²) < 4.78 is 9.89. The summed E-state index contributed by atoms with van der Waals surface area (Å²) in [4.78, 5) is 11.2. The van der Waals surface area contributed by atoms with Crippen molar-refractivity contribution >= 4 is 11.7 Å². The van der Waals surface area contributed by atoms with Gasteiger partial charge in [-0.3, -0.25) is 0 Å². The monoisotopic (exact) mass is 261 g/mol. The summed E-state index contributed by atoms with van der Waals surface area (Å²) >= 11 is 0. The quantitative estimate of drug-likeness (QED) is 0.807. The average molecular weight is 261 g/mol. The molecule has 100 valence electrons. The molecule has 0 bridgehead atoms. The zero-order valence-corrected chi connectivity index (χ0v) is 10.6. The summed E-state index contributed by atoms with van der Waals surface area (Å²) in [6.07, 6.45) is 0. The third kappa shape index (κ3) is 3.14. The number of benzene rings is 1. The van der Waals surface area contributed by atoms with Crippen LogP contribution in [0.15, 0.2) is 40.8 Å². The van der Waals surface area contributed by atoms with Crippen LogP contribution in [0, 0.1) is 0 Å². The van der Waals surface area contributed by atoms with E-state index in [1.54, 1.807) is 12.1 Å². The van der Waals surface area contributed by atoms with Crippen molar-refractivity contribution in [3.63, 3.8) is 0 Å². The minimum atomic E-state index is -0.498. The van der Waals surface area contributed by atoms with Crippen LogP contribution in [0.1, 0.15) is 21.9 Å². The number of esters is 1. The molecule has 0 unspecified atom stereocenters. The Morgan fingerprint density at radius 2 is 2.11 bits per heavy atom. The van der Waals surface area contributed by atoms with Crippen molar-refractivity contribution in [1.29, 1.82) is 0 Å². The Morgan fingerprint density at radius 3 is 2.84 bits per heavy atom. The largest absolute Gasteiger partial charge is 0.463 e. The molecule has 0 spiro atoms. The van der Waals surface area contributed by atoms with Crippen LogP contribution in [0.4, 0.5) is 5.69 Å². The molecule has 0 saturated carbocycles. The number of furan rings is 1. The van der Waals surface area contributed by atoms with E-state index in [2.05, 4.69) is 10.1 Å². The smallest absolute Gasteiger partial charge is 0.373 e. The molecule has 2 rings (SSSR count). The van der Waals surface area contributed by atoms with Crippen molar-refractivity contribution in [2.24, 2.45) is 0 Å². The second kappa shape index (κ2) is 6.06. The Morgan fingerprint density at radius 1 is 1.32 bits per heavy atom. The molecule has 19 heavy (non-hydrogen) atoms. The molecule has 1 aromatic heterocycles. The van der Waals surface area contributed by atoms with E-state index < -0.39 is 5.97 Å². The minimum Gasteiger partial charge on any atom is -0.463 e. The number of aliphatic hydroxyl groups excluding tert-OH is 1. The Balaban J connectivity index is 2.02. The average Bonchev–Trinajstić information content (AvgIpc) is 2.93. The molecule has 0 amide bonds. The zero-order valence-electron chi connectivity index (χ0n) is 10.6. The van der Waals surface area contributed by atoms with Crippen LogP contribution >= 0.6 is 0 Å². The molecule has 0 atom stereocenters. The Bertz CT molecular complexity index is 562. The molecular weight excluding hydrogens is 246 g/mol. The van der Waals surface area contributed by atoms with Crippen LogP contribution in [0.25, 0.3) is 0 Å². The summed E-state index contributed by atoms with van der Waals surface area (Å²) in [5.41, 5.74) is 1.64. The maximum Gasteiger partial charge on any atom is 0.373 e. The molecule has 0 aliphatic rings. The van der Waals surface area contributed by atoms with E-state index in [9.17, 15) is 9.90 Å². The van der Waals surface area contributed by atoms with Crippen molar-refractivity contribution in [2.45, 2.75) is 13.2 Å². The first kappa shape index (κ1) is 13.2. The lowest BCUT2D eigenvalue weighted by Crippen LogP contribution is -2.02. The number of methoxy groups -OCH3 is 1. The Hall–Kier alpha value is -2.27. The third-order valence-corrected chi connectivity index (χ3v) is 2.69. The van der Waals surface area contributed by atoms with Crippen molar-refractivity contribution in [3.8, 4) is 0 Å². The van der Waals surface area contributed by atoms with Gasteiger partial charge < -0.3 is 19.6 Å². The van der Waals surface area contributed by atoms with Crippen LogP contribution in [0.3, 0.4) is 0 Å². The fraction of sp³-hybridized carbons (Fsp3) is 0.214. The first-order valence-corrected chi connectivity index (χ1v) is 5.84. The molecule has 2 N–H and O–H groups in total. The number of carbonyl (C=O) groups excluding carboxylic acids is 1. The standard InChI is InChI=1S/C14H15NO4/c1-18-14(17)13-7-6-11(19-13)8-15-12-5-3-2-4-10(12)9-16/h2-7,15-16H,8-9H2,1H3. The summed E-state index contributed by atoms with van der Waals surface area (Å²) in [6.45, 7) is 0.392. The molecule has 5 heteroatoms. The molecule has 1 aromatic carbocycles. The van der Waals surface area contributed by atoms with Gasteiger partial charge in [-0.1, -0.05) is 18.2 Å². The van der Waals surface area contributed by atoms with Gasteiger partial charge in [0.25, 0.3) is 0 Å². The molecule has 0 aliphatic carbocycles. The highest BCUT2D eigenvalue weighted by molar-refractivity contribution is 5.86. The zero-order chi connectivity index (χ0) is 13.7. The highest BCUT2D eigenvalue weighted by Crippen LogP contribution is 2.17. The molecular formula is C14H15NO4. The van der Waals surface area contributed by atoms with Crippen LogP contribution in [-0.4, -0.2) is 18.2 Å². The van der Waals surface area contributed by atoms with Crippen molar-refractivity contribution in [2.75, 3.05) is 12.4 Å². The second-order valence-electron chi connectivity index (χ2n) is 3.93. The van der Waals surface area contributed by atoms with Gasteiger partial charge in [-0.25, -0.2) is 4.79 Å². The van der Waals surface area contributed by atoms with Crippen molar-refractivity contribution < 1.29 is 19.1 Å². The first-order chi connectivity index (χ1) is 9.24. The van der Waals surface area contributed by atoms with Crippen LogP contribution in [0.5, 0.6) is 0 Å². The normalized spacial score (nSPS) is 10.2. The van der Waals surface area contributed by atoms with Gasteiger partial charge in [-0.2, -0.15) is 0 Å². The van der Waals surface area contributed by atoms with E-state index in [1.165, 1.54) is 7.11 Å². The summed E-state index contributed by atoms with van der Waals surface area (Å²) in [7, 11) is 1.31. The van der Waals surface area contributed by atoms with Gasteiger partial charge in [0.05, 0.1) is 20.3 Å². The van der Waals surface area contributed by atoms with E-state index in [-0.39, 0.29) is 12.4 Å². The SMILES string of the molecule is COC(=O)c1ccc(CNc2ccccc2CO)o1. The van der Waals surface area contributed by atoms with E-state index >= 15 is 0 Å². The number of nitrogens with one attached hydrogen (secondary N) is 1. The van der Waals surface area contributed by atoms with Gasteiger partial charge in [0, 0.05) is 11.3 Å². The predicted molar refractivity (Wildman–Crippen MR) is 69.7 cm³/mol. The maximum atomic E-state index is 11.2. The number of para-hydroxylation sites is 1. The Kier molecular flexibility index (Phi) is 4.20. The summed E-state index contributed by atoms with van der Waals surface area (Å²) in [5, 5.41) is 12.3. The number of hydrogen-bond donors (Lipinski definition) is 2.